The second-order valence-electron chi connectivity index (χ2n) is 7.38. The number of sulfonamides is 1. The van der Waals surface area contributed by atoms with Crippen molar-refractivity contribution in [2.45, 2.75) is 58.1 Å². The number of nitrogens with zero attached hydrogens (tertiary/aromatic N) is 1. The Kier molecular flexibility index (Phi) is 6.07. The van der Waals surface area contributed by atoms with Crippen LogP contribution >= 0.6 is 0 Å². The van der Waals surface area contributed by atoms with Gasteiger partial charge in [0.05, 0.1) is 11.0 Å². The van der Waals surface area contributed by atoms with E-state index in [1.165, 1.54) is 0 Å². The summed E-state index contributed by atoms with van der Waals surface area (Å²) in [5, 5.41) is 10.2. The summed E-state index contributed by atoms with van der Waals surface area (Å²) in [6.45, 7) is 11.4. The average molecular weight is 355 g/mol. The lowest BCUT2D eigenvalue weighted by molar-refractivity contribution is 0.111. The van der Waals surface area contributed by atoms with Crippen molar-refractivity contribution >= 4 is 10.0 Å². The molecule has 0 bridgehead atoms. The van der Waals surface area contributed by atoms with Crippen LogP contribution in [0.1, 0.15) is 37.0 Å². The maximum absolute atomic E-state index is 12.6. The fraction of sp³-hybridized carbons (Fsp3) is 0.667. The Hall–Kier alpha value is -0.950. The summed E-state index contributed by atoms with van der Waals surface area (Å²) in [5.41, 5.74) is 2.51. The number of β-amino-alcohol motifs (C(OH)–C–C–N with tert-alkyl or cyclic N) is 1. The summed E-state index contributed by atoms with van der Waals surface area (Å²) in [4.78, 5) is 2.55. The zero-order valence-electron chi connectivity index (χ0n) is 15.3. The van der Waals surface area contributed by atoms with Gasteiger partial charge in [0, 0.05) is 25.7 Å². The molecule has 0 amide bonds. The highest BCUT2D eigenvalue weighted by molar-refractivity contribution is 7.89. The molecule has 1 heterocycles. The molecular weight excluding hydrogens is 324 g/mol. The van der Waals surface area contributed by atoms with E-state index in [1.807, 2.05) is 19.1 Å². The van der Waals surface area contributed by atoms with Crippen molar-refractivity contribution in [3.05, 3.63) is 28.8 Å². The predicted molar refractivity (Wildman–Crippen MR) is 96.7 cm³/mol. The maximum Gasteiger partial charge on any atom is 0.241 e. The standard InChI is InChI=1S/C18H30N2O3S/c1-12-6-14(3)18(15(4)7-12)24(22,23)19-9-17(21)11-20-10-13(2)8-16(20)5/h6-7,13,16-17,19,21H,8-11H2,1-5H3. The maximum atomic E-state index is 12.6. The van der Waals surface area contributed by atoms with Crippen LogP contribution in [0.15, 0.2) is 17.0 Å². The molecule has 0 aliphatic carbocycles. The summed E-state index contributed by atoms with van der Waals surface area (Å²) in [6, 6.07) is 4.17. The molecule has 1 saturated heterocycles. The molecule has 3 atom stereocenters. The number of rotatable bonds is 6. The van der Waals surface area contributed by atoms with E-state index in [0.717, 1.165) is 29.7 Å². The predicted octanol–water partition coefficient (Wildman–Crippen LogP) is 1.98. The van der Waals surface area contributed by atoms with Gasteiger partial charge in [-0.3, -0.25) is 4.90 Å². The molecule has 2 rings (SSSR count). The molecule has 136 valence electrons. The highest BCUT2D eigenvalue weighted by Crippen LogP contribution is 2.23. The number of likely N-dealkylation sites (tertiary alicyclic amines) is 1. The number of hydrogen-bond acceptors (Lipinski definition) is 4. The Balaban J connectivity index is 2.00. The summed E-state index contributed by atoms with van der Waals surface area (Å²) < 4.78 is 27.8. The number of benzene rings is 1. The number of nitrogens with one attached hydrogen (secondary N) is 1. The lowest BCUT2D eigenvalue weighted by atomic mass is 10.1. The van der Waals surface area contributed by atoms with Gasteiger partial charge in [0.1, 0.15) is 0 Å². The number of hydrogen-bond donors (Lipinski definition) is 2. The van der Waals surface area contributed by atoms with Crippen LogP contribution in [0.25, 0.3) is 0 Å². The minimum absolute atomic E-state index is 0.0344. The van der Waals surface area contributed by atoms with E-state index < -0.39 is 16.1 Å². The third kappa shape index (κ3) is 4.57. The largest absolute Gasteiger partial charge is 0.390 e. The van der Waals surface area contributed by atoms with Crippen molar-refractivity contribution in [1.29, 1.82) is 0 Å². The molecular formula is C18H30N2O3S. The molecule has 1 aliphatic heterocycles. The lowest BCUT2D eigenvalue weighted by Crippen LogP contribution is -2.41. The summed E-state index contributed by atoms with van der Waals surface area (Å²) in [5.74, 6) is 0.627. The highest BCUT2D eigenvalue weighted by atomic mass is 32.2. The van der Waals surface area contributed by atoms with E-state index >= 15 is 0 Å². The third-order valence-electron chi connectivity index (χ3n) is 4.74. The summed E-state index contributed by atoms with van der Waals surface area (Å²) in [6.07, 6.45) is 0.416. The first kappa shape index (κ1) is 19.4. The zero-order valence-corrected chi connectivity index (χ0v) is 16.2. The summed E-state index contributed by atoms with van der Waals surface area (Å²) in [7, 11) is -3.62. The Bertz CT molecular complexity index is 664. The van der Waals surface area contributed by atoms with Crippen LogP contribution in [0.5, 0.6) is 0 Å². The first-order chi connectivity index (χ1) is 11.1. The van der Waals surface area contributed by atoms with E-state index in [-0.39, 0.29) is 6.54 Å². The van der Waals surface area contributed by atoms with Crippen molar-refractivity contribution in [3.8, 4) is 0 Å². The van der Waals surface area contributed by atoms with Gasteiger partial charge in [0.25, 0.3) is 0 Å². The monoisotopic (exact) mass is 354 g/mol. The molecule has 1 aromatic carbocycles. The van der Waals surface area contributed by atoms with Gasteiger partial charge in [0.2, 0.25) is 10.0 Å². The van der Waals surface area contributed by atoms with Crippen LogP contribution in [0, 0.1) is 26.7 Å². The van der Waals surface area contributed by atoms with Crippen LogP contribution in [0.4, 0.5) is 0 Å². The quantitative estimate of drug-likeness (QED) is 0.820. The molecule has 1 aromatic rings. The third-order valence-corrected chi connectivity index (χ3v) is 6.47. The Morgan fingerprint density at radius 1 is 1.25 bits per heavy atom. The van der Waals surface area contributed by atoms with Crippen LogP contribution in [-0.2, 0) is 10.0 Å². The fourth-order valence-corrected chi connectivity index (χ4v) is 5.37. The number of aliphatic hydroxyl groups excluding tert-OH is 1. The first-order valence-corrected chi connectivity index (χ1v) is 10.1. The number of aryl methyl sites for hydroxylation is 3. The van der Waals surface area contributed by atoms with E-state index in [2.05, 4.69) is 23.5 Å². The van der Waals surface area contributed by atoms with Crippen LogP contribution in [0.2, 0.25) is 0 Å². The van der Waals surface area contributed by atoms with Crippen LogP contribution in [0.3, 0.4) is 0 Å². The molecule has 1 aliphatic rings. The molecule has 3 unspecified atom stereocenters. The first-order valence-electron chi connectivity index (χ1n) is 8.59. The molecule has 0 spiro atoms. The van der Waals surface area contributed by atoms with Gasteiger partial charge >= 0.3 is 0 Å². The van der Waals surface area contributed by atoms with Gasteiger partial charge in [-0.2, -0.15) is 0 Å². The minimum Gasteiger partial charge on any atom is -0.390 e. The van der Waals surface area contributed by atoms with Crippen molar-refractivity contribution in [2.24, 2.45) is 5.92 Å². The molecule has 0 radical (unpaired) electrons. The summed E-state index contributed by atoms with van der Waals surface area (Å²) >= 11 is 0. The Labute approximate surface area is 146 Å². The Morgan fingerprint density at radius 2 is 1.83 bits per heavy atom. The van der Waals surface area contributed by atoms with Gasteiger partial charge in [-0.25, -0.2) is 13.1 Å². The van der Waals surface area contributed by atoms with E-state index in [0.29, 0.717) is 23.4 Å². The number of aliphatic hydroxyl groups is 1. The molecule has 24 heavy (non-hydrogen) atoms. The molecule has 1 fully saturated rings. The SMILES string of the molecule is Cc1cc(C)c(S(=O)(=O)NCC(O)CN2CC(C)CC2C)c(C)c1. The molecule has 6 heteroatoms. The van der Waals surface area contributed by atoms with Gasteiger partial charge in [-0.1, -0.05) is 24.6 Å². The second-order valence-corrected chi connectivity index (χ2v) is 9.08. The van der Waals surface area contributed by atoms with Crippen molar-refractivity contribution in [2.75, 3.05) is 19.6 Å². The van der Waals surface area contributed by atoms with E-state index in [9.17, 15) is 13.5 Å². The minimum atomic E-state index is -3.62. The molecule has 0 saturated carbocycles. The van der Waals surface area contributed by atoms with E-state index in [1.54, 1.807) is 13.8 Å². The Morgan fingerprint density at radius 3 is 2.33 bits per heavy atom. The van der Waals surface area contributed by atoms with Gasteiger partial charge in [-0.05, 0) is 51.2 Å². The molecule has 2 N–H and O–H groups in total. The fourth-order valence-electron chi connectivity index (χ4n) is 3.84. The van der Waals surface area contributed by atoms with Gasteiger partial charge in [0.15, 0.2) is 0 Å². The average Bonchev–Trinajstić information content (AvgIpc) is 2.73. The second kappa shape index (κ2) is 7.52. The lowest BCUT2D eigenvalue weighted by Gasteiger charge is -2.24. The van der Waals surface area contributed by atoms with Crippen molar-refractivity contribution in [1.82, 2.24) is 9.62 Å². The van der Waals surface area contributed by atoms with E-state index in [4.69, 9.17) is 0 Å². The topological polar surface area (TPSA) is 69.6 Å². The van der Waals surface area contributed by atoms with Gasteiger partial charge in [-0.15, -0.1) is 0 Å². The van der Waals surface area contributed by atoms with Gasteiger partial charge < -0.3 is 5.11 Å². The van der Waals surface area contributed by atoms with Crippen LogP contribution in [-0.4, -0.2) is 50.2 Å². The highest BCUT2D eigenvalue weighted by Gasteiger charge is 2.28. The zero-order chi connectivity index (χ0) is 18.1. The van der Waals surface area contributed by atoms with Crippen LogP contribution < -0.4 is 4.72 Å². The smallest absolute Gasteiger partial charge is 0.241 e. The normalized spacial score (nSPS) is 23.6. The molecule has 5 nitrogen and oxygen atoms in total. The van der Waals surface area contributed by atoms with Crippen molar-refractivity contribution in [3.63, 3.8) is 0 Å². The molecule has 0 aromatic heterocycles. The van der Waals surface area contributed by atoms with Crippen molar-refractivity contribution < 1.29 is 13.5 Å².